The SMILES string of the molecule is CC(C)C1CC(C(C)C)C2CCCCC/C=C/C=C12. The Labute approximate surface area is 120 Å². The lowest BCUT2D eigenvalue weighted by molar-refractivity contribution is 0.284. The third-order valence-electron chi connectivity index (χ3n) is 5.37. The number of rotatable bonds is 2. The smallest absolute Gasteiger partial charge is 0.0166 e. The van der Waals surface area contributed by atoms with Gasteiger partial charge in [0.05, 0.1) is 0 Å². The van der Waals surface area contributed by atoms with Crippen LogP contribution < -0.4 is 0 Å². The summed E-state index contributed by atoms with van der Waals surface area (Å²) in [5.74, 6) is 4.26. The van der Waals surface area contributed by atoms with Gasteiger partial charge in [0, 0.05) is 0 Å². The first-order valence-corrected chi connectivity index (χ1v) is 8.48. The fraction of sp³-hybridized carbons (Fsp3) is 0.789. The molecule has 1 saturated carbocycles. The lowest BCUT2D eigenvalue weighted by Crippen LogP contribution is -2.15. The standard InChI is InChI=1S/C19H32/c1-14(2)18-13-19(15(3)4)17-12-10-8-6-5-7-9-11-16(17)18/h7,9,11,14-15,17-19H,5-6,8,10,12-13H2,1-4H3/b9-7+,16-11?. The van der Waals surface area contributed by atoms with Crippen LogP contribution in [0.2, 0.25) is 0 Å². The Kier molecular flexibility index (Phi) is 5.30. The maximum Gasteiger partial charge on any atom is -0.0166 e. The molecular weight excluding hydrogens is 228 g/mol. The molecule has 3 atom stereocenters. The molecule has 0 nitrogen and oxygen atoms in total. The van der Waals surface area contributed by atoms with E-state index in [9.17, 15) is 0 Å². The van der Waals surface area contributed by atoms with Crippen molar-refractivity contribution in [2.75, 3.05) is 0 Å². The lowest BCUT2D eigenvalue weighted by atomic mass is 9.81. The van der Waals surface area contributed by atoms with Crippen LogP contribution in [0.25, 0.3) is 0 Å². The summed E-state index contributed by atoms with van der Waals surface area (Å²) in [5.41, 5.74) is 1.78. The number of hydrogen-bond donors (Lipinski definition) is 0. The predicted molar refractivity (Wildman–Crippen MR) is 85.1 cm³/mol. The van der Waals surface area contributed by atoms with E-state index in [0.717, 1.165) is 29.6 Å². The third-order valence-corrected chi connectivity index (χ3v) is 5.37. The van der Waals surface area contributed by atoms with Crippen LogP contribution in [0.3, 0.4) is 0 Å². The van der Waals surface area contributed by atoms with Gasteiger partial charge in [0.25, 0.3) is 0 Å². The highest BCUT2D eigenvalue weighted by Gasteiger charge is 2.40. The van der Waals surface area contributed by atoms with E-state index in [1.807, 2.05) is 0 Å². The zero-order valence-electron chi connectivity index (χ0n) is 13.4. The molecule has 0 aromatic heterocycles. The Morgan fingerprint density at radius 1 is 1.00 bits per heavy atom. The Bertz CT molecular complexity index is 332. The average Bonchev–Trinajstić information content (AvgIpc) is 2.73. The summed E-state index contributed by atoms with van der Waals surface area (Å²) in [6, 6.07) is 0. The van der Waals surface area contributed by atoms with Gasteiger partial charge in [-0.15, -0.1) is 0 Å². The van der Waals surface area contributed by atoms with Crippen molar-refractivity contribution in [1.82, 2.24) is 0 Å². The molecular formula is C19H32. The third kappa shape index (κ3) is 3.52. The molecule has 0 aliphatic heterocycles. The summed E-state index contributed by atoms with van der Waals surface area (Å²) in [4.78, 5) is 0. The second kappa shape index (κ2) is 6.77. The molecule has 0 amide bonds. The van der Waals surface area contributed by atoms with Gasteiger partial charge >= 0.3 is 0 Å². The minimum atomic E-state index is 0.800. The van der Waals surface area contributed by atoms with Gasteiger partial charge in [-0.25, -0.2) is 0 Å². The first kappa shape index (κ1) is 14.9. The first-order chi connectivity index (χ1) is 9.11. The molecule has 2 rings (SSSR count). The van der Waals surface area contributed by atoms with Crippen molar-refractivity contribution in [3.63, 3.8) is 0 Å². The zero-order valence-corrected chi connectivity index (χ0v) is 13.4. The van der Waals surface area contributed by atoms with Gasteiger partial charge in [0.15, 0.2) is 0 Å². The minimum Gasteiger partial charge on any atom is -0.0845 e. The molecule has 0 aromatic carbocycles. The van der Waals surface area contributed by atoms with Crippen molar-refractivity contribution in [3.05, 3.63) is 23.8 Å². The second-order valence-corrected chi connectivity index (χ2v) is 7.33. The first-order valence-electron chi connectivity index (χ1n) is 8.48. The van der Waals surface area contributed by atoms with E-state index in [0.29, 0.717) is 0 Å². The molecule has 2 aliphatic rings. The van der Waals surface area contributed by atoms with Crippen LogP contribution in [-0.4, -0.2) is 0 Å². The van der Waals surface area contributed by atoms with Crippen LogP contribution in [0, 0.1) is 29.6 Å². The maximum absolute atomic E-state index is 2.49. The number of hydrogen-bond acceptors (Lipinski definition) is 0. The number of allylic oxidation sites excluding steroid dienone is 4. The maximum atomic E-state index is 2.49. The molecule has 1 fully saturated rings. The molecule has 0 heteroatoms. The van der Waals surface area contributed by atoms with Gasteiger partial charge < -0.3 is 0 Å². The van der Waals surface area contributed by atoms with E-state index in [2.05, 4.69) is 45.9 Å². The van der Waals surface area contributed by atoms with Crippen LogP contribution in [0.4, 0.5) is 0 Å². The van der Waals surface area contributed by atoms with Gasteiger partial charge in [0.2, 0.25) is 0 Å². The van der Waals surface area contributed by atoms with Crippen molar-refractivity contribution >= 4 is 0 Å². The summed E-state index contributed by atoms with van der Waals surface area (Å²) in [6.07, 6.45) is 15.6. The second-order valence-electron chi connectivity index (χ2n) is 7.33. The topological polar surface area (TPSA) is 0 Å². The molecule has 2 aliphatic carbocycles. The van der Waals surface area contributed by atoms with E-state index < -0.39 is 0 Å². The Balaban J connectivity index is 2.27. The summed E-state index contributed by atoms with van der Waals surface area (Å²) in [5, 5.41) is 0. The highest BCUT2D eigenvalue weighted by molar-refractivity contribution is 5.24. The Hall–Kier alpha value is -0.520. The number of fused-ring (bicyclic) bond motifs is 1. The van der Waals surface area contributed by atoms with Crippen molar-refractivity contribution in [3.8, 4) is 0 Å². The molecule has 0 aromatic rings. The quantitative estimate of drug-likeness (QED) is 0.571. The Morgan fingerprint density at radius 3 is 2.47 bits per heavy atom. The predicted octanol–water partition coefficient (Wildman–Crippen LogP) is 6.00. The van der Waals surface area contributed by atoms with Gasteiger partial charge in [-0.05, 0) is 55.3 Å². The average molecular weight is 260 g/mol. The van der Waals surface area contributed by atoms with E-state index in [4.69, 9.17) is 0 Å². The molecule has 0 radical (unpaired) electrons. The monoisotopic (exact) mass is 260 g/mol. The Morgan fingerprint density at radius 2 is 1.79 bits per heavy atom. The molecule has 19 heavy (non-hydrogen) atoms. The molecule has 0 N–H and O–H groups in total. The fourth-order valence-corrected chi connectivity index (χ4v) is 4.22. The molecule has 3 unspecified atom stereocenters. The molecule has 0 spiro atoms. The highest BCUT2D eigenvalue weighted by atomic mass is 14.4. The molecule has 0 heterocycles. The summed E-state index contributed by atoms with van der Waals surface area (Å²) >= 11 is 0. The van der Waals surface area contributed by atoms with Gasteiger partial charge in [0.1, 0.15) is 0 Å². The van der Waals surface area contributed by atoms with Crippen LogP contribution in [0.15, 0.2) is 23.8 Å². The minimum absolute atomic E-state index is 0.800. The van der Waals surface area contributed by atoms with Crippen LogP contribution in [-0.2, 0) is 0 Å². The summed E-state index contributed by atoms with van der Waals surface area (Å²) in [7, 11) is 0. The van der Waals surface area contributed by atoms with E-state index >= 15 is 0 Å². The molecule has 0 bridgehead atoms. The highest BCUT2D eigenvalue weighted by Crippen LogP contribution is 2.49. The van der Waals surface area contributed by atoms with E-state index in [-0.39, 0.29) is 0 Å². The molecule has 108 valence electrons. The van der Waals surface area contributed by atoms with Crippen molar-refractivity contribution in [1.29, 1.82) is 0 Å². The zero-order chi connectivity index (χ0) is 13.8. The van der Waals surface area contributed by atoms with Crippen molar-refractivity contribution in [2.45, 2.75) is 66.2 Å². The van der Waals surface area contributed by atoms with Crippen LogP contribution in [0.1, 0.15) is 66.2 Å². The normalized spacial score (nSPS) is 34.2. The van der Waals surface area contributed by atoms with Crippen molar-refractivity contribution in [2.24, 2.45) is 29.6 Å². The van der Waals surface area contributed by atoms with Crippen LogP contribution >= 0.6 is 0 Å². The van der Waals surface area contributed by atoms with Crippen molar-refractivity contribution < 1.29 is 0 Å². The summed E-state index contributed by atoms with van der Waals surface area (Å²) < 4.78 is 0. The van der Waals surface area contributed by atoms with E-state index in [1.54, 1.807) is 5.57 Å². The van der Waals surface area contributed by atoms with Gasteiger partial charge in [-0.2, -0.15) is 0 Å². The lowest BCUT2D eigenvalue weighted by Gasteiger charge is -2.24. The fourth-order valence-electron chi connectivity index (χ4n) is 4.22. The van der Waals surface area contributed by atoms with Gasteiger partial charge in [-0.1, -0.05) is 64.3 Å². The van der Waals surface area contributed by atoms with Gasteiger partial charge in [-0.3, -0.25) is 0 Å². The van der Waals surface area contributed by atoms with E-state index in [1.165, 1.54) is 38.5 Å². The summed E-state index contributed by atoms with van der Waals surface area (Å²) in [6.45, 7) is 9.68. The largest absolute Gasteiger partial charge is 0.0845 e. The molecule has 0 saturated heterocycles. The van der Waals surface area contributed by atoms with Crippen LogP contribution in [0.5, 0.6) is 0 Å².